The number of amides is 1. The largest absolute Gasteiger partial charge is 0.380 e. The zero-order valence-corrected chi connectivity index (χ0v) is 20.0. The number of carbonyl (C=O) groups is 2. The van der Waals surface area contributed by atoms with E-state index in [-0.39, 0.29) is 30.2 Å². The fourth-order valence-electron chi connectivity index (χ4n) is 3.65. The molecule has 1 atom stereocenters. The van der Waals surface area contributed by atoms with Crippen LogP contribution in [0.15, 0.2) is 64.3 Å². The summed E-state index contributed by atoms with van der Waals surface area (Å²) in [7, 11) is -3.10. The molecule has 1 aliphatic heterocycles. The molecule has 10 nitrogen and oxygen atoms in total. The van der Waals surface area contributed by atoms with Gasteiger partial charge >= 0.3 is 10.1 Å². The molecule has 2 aromatic carbocycles. The highest BCUT2D eigenvalue weighted by Gasteiger charge is 2.32. The molecule has 1 amide bonds. The summed E-state index contributed by atoms with van der Waals surface area (Å²) in [5, 5.41) is 2.50. The van der Waals surface area contributed by atoms with Crippen LogP contribution in [-0.4, -0.2) is 42.9 Å². The average molecular weight is 516 g/mol. The maximum Gasteiger partial charge on any atom is 0.339 e. The Morgan fingerprint density at radius 3 is 2.50 bits per heavy atom. The number of carbonyl (C=O) groups excluding carboxylic acids is 2. The minimum absolute atomic E-state index is 0.0180. The van der Waals surface area contributed by atoms with Crippen LogP contribution in [0.1, 0.15) is 39.5 Å². The first-order chi connectivity index (χ1) is 17.2. The molecule has 0 unspecified atom stereocenters. The maximum atomic E-state index is 13.4. The molecule has 0 spiro atoms. The van der Waals surface area contributed by atoms with Crippen molar-refractivity contribution in [1.29, 1.82) is 0 Å². The lowest BCUT2D eigenvalue weighted by Gasteiger charge is -2.17. The van der Waals surface area contributed by atoms with E-state index in [0.29, 0.717) is 12.0 Å². The third-order valence-electron chi connectivity index (χ3n) is 5.60. The topological polar surface area (TPSA) is 134 Å². The molecule has 2 heterocycles. The van der Waals surface area contributed by atoms with E-state index in [1.54, 1.807) is 6.07 Å². The summed E-state index contributed by atoms with van der Waals surface area (Å²) in [5.74, 6) is -3.05. The average Bonchev–Trinajstić information content (AvgIpc) is 3.04. The van der Waals surface area contributed by atoms with Crippen LogP contribution in [0.25, 0.3) is 0 Å². The number of methoxy groups -OCH3 is 1. The normalized spacial score (nSPS) is 15.6. The van der Waals surface area contributed by atoms with Gasteiger partial charge in [-0.3, -0.25) is 19.0 Å². The molecule has 1 aliphatic rings. The molecule has 1 aromatic heterocycles. The molecule has 12 heteroatoms. The molecule has 1 N–H and O–H groups in total. The monoisotopic (exact) mass is 515 g/mol. The van der Waals surface area contributed by atoms with Gasteiger partial charge in [-0.2, -0.15) is 8.42 Å². The fraction of sp³-hybridized carbons (Fsp3) is 0.250. The van der Waals surface area contributed by atoms with Crippen LogP contribution in [-0.2, 0) is 27.9 Å². The Balaban J connectivity index is 1.78. The standard InChI is InChI=1S/C24H22FN3O7S/c1-34-17-11-12-19(29)22-27-20(23(30)26-13-15-7-9-16(25)10-8-15)21(24(31)28(22)14-17)35-36(32,33)18-5-3-2-4-6-18/h2-10,17H,11-14H2,1H3,(H,26,30)/t17-/m0/s1. The SMILES string of the molecule is CO[C@H]1CCC(=O)c2nc(C(=O)NCc3ccc(F)cc3)c(OS(=O)(=O)c3ccccc3)c(=O)n2C1. The number of halogens is 1. The van der Waals surface area contributed by atoms with Gasteiger partial charge in [0.25, 0.3) is 11.5 Å². The number of Topliss-reactive ketones (excluding diaryl/α,β-unsaturated/α-hetero) is 1. The highest BCUT2D eigenvalue weighted by Crippen LogP contribution is 2.22. The van der Waals surface area contributed by atoms with Crippen molar-refractivity contribution in [3.05, 3.63) is 87.9 Å². The van der Waals surface area contributed by atoms with Crippen molar-refractivity contribution in [2.75, 3.05) is 7.11 Å². The van der Waals surface area contributed by atoms with E-state index in [0.717, 1.165) is 4.57 Å². The van der Waals surface area contributed by atoms with Gasteiger partial charge in [-0.25, -0.2) is 9.37 Å². The summed E-state index contributed by atoms with van der Waals surface area (Å²) in [4.78, 5) is 43.1. The van der Waals surface area contributed by atoms with Crippen molar-refractivity contribution in [3.63, 3.8) is 0 Å². The van der Waals surface area contributed by atoms with Gasteiger partial charge < -0.3 is 14.2 Å². The van der Waals surface area contributed by atoms with Crippen molar-refractivity contribution in [3.8, 4) is 5.75 Å². The Kier molecular flexibility index (Phi) is 7.27. The number of ketones is 1. The number of ether oxygens (including phenoxy) is 1. The van der Waals surface area contributed by atoms with Gasteiger partial charge in [0.05, 0.1) is 12.6 Å². The number of hydrogen-bond acceptors (Lipinski definition) is 8. The van der Waals surface area contributed by atoms with E-state index in [1.165, 1.54) is 55.6 Å². The summed E-state index contributed by atoms with van der Waals surface area (Å²) in [5.41, 5.74) is -1.13. The molecule has 36 heavy (non-hydrogen) atoms. The Hall–Kier alpha value is -3.90. The van der Waals surface area contributed by atoms with Gasteiger partial charge in [0.1, 0.15) is 10.7 Å². The zero-order valence-electron chi connectivity index (χ0n) is 19.1. The Morgan fingerprint density at radius 2 is 1.83 bits per heavy atom. The Bertz CT molecular complexity index is 1460. The second-order valence-electron chi connectivity index (χ2n) is 8.01. The molecule has 0 radical (unpaired) electrons. The van der Waals surface area contributed by atoms with Crippen molar-refractivity contribution < 1.29 is 31.3 Å². The predicted molar refractivity (Wildman–Crippen MR) is 125 cm³/mol. The fourth-order valence-corrected chi connectivity index (χ4v) is 4.61. The Morgan fingerprint density at radius 1 is 1.14 bits per heavy atom. The molecular weight excluding hydrogens is 493 g/mol. The van der Waals surface area contributed by atoms with Crippen molar-refractivity contribution in [2.24, 2.45) is 0 Å². The number of aromatic nitrogens is 2. The van der Waals surface area contributed by atoms with E-state index in [9.17, 15) is 27.2 Å². The molecule has 188 valence electrons. The highest BCUT2D eigenvalue weighted by atomic mass is 32.2. The van der Waals surface area contributed by atoms with Gasteiger partial charge in [0, 0.05) is 20.1 Å². The lowest BCUT2D eigenvalue weighted by Crippen LogP contribution is -2.36. The summed E-state index contributed by atoms with van der Waals surface area (Å²) in [6.45, 7) is -0.160. The minimum Gasteiger partial charge on any atom is -0.380 e. The van der Waals surface area contributed by atoms with Crippen LogP contribution in [0, 0.1) is 5.82 Å². The number of fused-ring (bicyclic) bond motifs is 1. The van der Waals surface area contributed by atoms with Crippen molar-refractivity contribution in [1.82, 2.24) is 14.9 Å². The maximum absolute atomic E-state index is 13.4. The number of nitrogens with zero attached hydrogens (tertiary/aromatic N) is 2. The smallest absolute Gasteiger partial charge is 0.339 e. The quantitative estimate of drug-likeness (QED) is 0.473. The van der Waals surface area contributed by atoms with Gasteiger partial charge in [-0.1, -0.05) is 30.3 Å². The predicted octanol–water partition coefficient (Wildman–Crippen LogP) is 2.07. The molecule has 4 rings (SSSR count). The molecule has 0 saturated carbocycles. The first-order valence-corrected chi connectivity index (χ1v) is 12.3. The first-order valence-electron chi connectivity index (χ1n) is 10.9. The van der Waals surface area contributed by atoms with Crippen LogP contribution in [0.4, 0.5) is 4.39 Å². The minimum atomic E-state index is -4.52. The third-order valence-corrected chi connectivity index (χ3v) is 6.83. The molecule has 0 fully saturated rings. The summed E-state index contributed by atoms with van der Waals surface area (Å²) in [6, 6.07) is 12.4. The second-order valence-corrected chi connectivity index (χ2v) is 9.55. The Labute approximate surface area is 205 Å². The molecule has 0 aliphatic carbocycles. The third kappa shape index (κ3) is 5.34. The van der Waals surface area contributed by atoms with Crippen LogP contribution in [0.2, 0.25) is 0 Å². The van der Waals surface area contributed by atoms with Crippen LogP contribution in [0.3, 0.4) is 0 Å². The van der Waals surface area contributed by atoms with Gasteiger partial charge in [0.15, 0.2) is 17.3 Å². The zero-order chi connectivity index (χ0) is 25.9. The highest BCUT2D eigenvalue weighted by molar-refractivity contribution is 7.87. The number of hydrogen-bond donors (Lipinski definition) is 1. The lowest BCUT2D eigenvalue weighted by atomic mass is 10.1. The van der Waals surface area contributed by atoms with Crippen molar-refractivity contribution in [2.45, 2.75) is 36.9 Å². The van der Waals surface area contributed by atoms with Gasteiger partial charge in [0.2, 0.25) is 5.75 Å². The summed E-state index contributed by atoms with van der Waals surface area (Å²) >= 11 is 0. The van der Waals surface area contributed by atoms with E-state index in [4.69, 9.17) is 8.92 Å². The van der Waals surface area contributed by atoms with E-state index in [2.05, 4.69) is 10.3 Å². The van der Waals surface area contributed by atoms with Crippen LogP contribution in [0.5, 0.6) is 5.75 Å². The molecule has 0 bridgehead atoms. The van der Waals surface area contributed by atoms with E-state index < -0.39 is 50.7 Å². The lowest BCUT2D eigenvalue weighted by molar-refractivity contribution is 0.0783. The van der Waals surface area contributed by atoms with Crippen LogP contribution < -0.4 is 15.1 Å². The number of nitrogens with one attached hydrogen (secondary N) is 1. The number of rotatable bonds is 7. The van der Waals surface area contributed by atoms with Crippen molar-refractivity contribution >= 4 is 21.8 Å². The van der Waals surface area contributed by atoms with E-state index in [1.807, 2.05) is 0 Å². The van der Waals surface area contributed by atoms with Gasteiger partial charge in [-0.15, -0.1) is 0 Å². The molecule has 3 aromatic rings. The molecule has 0 saturated heterocycles. The van der Waals surface area contributed by atoms with Gasteiger partial charge in [-0.05, 0) is 36.2 Å². The first kappa shape index (κ1) is 25.2. The van der Waals surface area contributed by atoms with Crippen LogP contribution >= 0.6 is 0 Å². The molecular formula is C24H22FN3O7S. The summed E-state index contributed by atoms with van der Waals surface area (Å²) in [6.07, 6.45) is -0.182. The van der Waals surface area contributed by atoms with E-state index >= 15 is 0 Å². The number of benzene rings is 2. The summed E-state index contributed by atoms with van der Waals surface area (Å²) < 4.78 is 50.4. The second kappa shape index (κ2) is 10.4.